The van der Waals surface area contributed by atoms with Crippen LogP contribution in [0.4, 0.5) is 13.2 Å². The van der Waals surface area contributed by atoms with Crippen molar-refractivity contribution < 1.29 is 22.7 Å². The lowest BCUT2D eigenvalue weighted by molar-refractivity contribution is -0.274. The Bertz CT molecular complexity index is 438. The molecular weight excluding hydrogens is 259 g/mol. The summed E-state index contributed by atoms with van der Waals surface area (Å²) < 4.78 is 39.5. The molecular formula is C13H14F3NO2. The van der Waals surface area contributed by atoms with E-state index in [1.165, 1.54) is 31.2 Å². The summed E-state index contributed by atoms with van der Waals surface area (Å²) in [5.74, 6) is -0.343. The van der Waals surface area contributed by atoms with Crippen molar-refractivity contribution in [2.45, 2.75) is 19.7 Å². The van der Waals surface area contributed by atoms with E-state index in [1.54, 1.807) is 6.08 Å². The average Bonchev–Trinajstić information content (AvgIpc) is 2.28. The molecule has 0 aliphatic carbocycles. The number of halogens is 3. The molecule has 0 saturated heterocycles. The summed E-state index contributed by atoms with van der Waals surface area (Å²) in [6, 6.07) is 5.55. The number of nitrogens with one attached hydrogen (secondary N) is 1. The maximum Gasteiger partial charge on any atom is 0.573 e. The number of hydrogen-bond donors (Lipinski definition) is 1. The highest BCUT2D eigenvalue weighted by molar-refractivity contribution is 5.72. The van der Waals surface area contributed by atoms with Crippen molar-refractivity contribution >= 4 is 12.0 Å². The lowest BCUT2D eigenvalue weighted by atomic mass is 10.2. The van der Waals surface area contributed by atoms with E-state index in [2.05, 4.69) is 10.1 Å². The molecule has 0 saturated carbocycles. The van der Waals surface area contributed by atoms with E-state index in [-0.39, 0.29) is 11.7 Å². The number of hydrogen-bond acceptors (Lipinski definition) is 2. The zero-order chi connectivity index (χ0) is 14.3. The molecule has 104 valence electrons. The van der Waals surface area contributed by atoms with Gasteiger partial charge in [0.25, 0.3) is 0 Å². The number of alkyl halides is 3. The lowest BCUT2D eigenvalue weighted by Crippen LogP contribution is -2.20. The number of carbonyl (C=O) groups excluding carboxylic acids is 1. The predicted molar refractivity (Wildman–Crippen MR) is 65.5 cm³/mol. The Labute approximate surface area is 109 Å². The predicted octanol–water partition coefficient (Wildman–Crippen LogP) is 3.12. The van der Waals surface area contributed by atoms with Crippen molar-refractivity contribution in [2.24, 2.45) is 0 Å². The first kappa shape index (κ1) is 15.1. The van der Waals surface area contributed by atoms with Crippen LogP contribution in [-0.2, 0) is 4.79 Å². The fourth-order valence-corrected chi connectivity index (χ4v) is 1.33. The van der Waals surface area contributed by atoms with Crippen LogP contribution in [0.1, 0.15) is 18.9 Å². The van der Waals surface area contributed by atoms with Crippen LogP contribution in [0.3, 0.4) is 0 Å². The van der Waals surface area contributed by atoms with Gasteiger partial charge in [-0.2, -0.15) is 0 Å². The maximum atomic E-state index is 11.9. The standard InChI is InChI=1S/C13H14F3NO2/c1-10(18)17-9-3-2-4-11-5-7-12(8-6-11)19-13(14,15)16/h2,4-8H,3,9H2,1H3,(H,17,18). The minimum absolute atomic E-state index is 0.0953. The Balaban J connectivity index is 2.43. The van der Waals surface area contributed by atoms with Crippen LogP contribution < -0.4 is 10.1 Å². The first-order valence-electron chi connectivity index (χ1n) is 5.63. The molecule has 0 spiro atoms. The van der Waals surface area contributed by atoms with Crippen LogP contribution in [0, 0.1) is 0 Å². The number of ether oxygens (including phenoxy) is 1. The second kappa shape index (κ2) is 6.82. The van der Waals surface area contributed by atoms with Crippen LogP contribution in [0.2, 0.25) is 0 Å². The highest BCUT2D eigenvalue weighted by Crippen LogP contribution is 2.22. The van der Waals surface area contributed by atoms with Crippen LogP contribution in [0.15, 0.2) is 30.3 Å². The van der Waals surface area contributed by atoms with Crippen molar-refractivity contribution in [3.63, 3.8) is 0 Å². The maximum absolute atomic E-state index is 11.9. The van der Waals surface area contributed by atoms with Gasteiger partial charge in [-0.3, -0.25) is 4.79 Å². The quantitative estimate of drug-likeness (QED) is 0.837. The van der Waals surface area contributed by atoms with Crippen LogP contribution >= 0.6 is 0 Å². The van der Waals surface area contributed by atoms with Gasteiger partial charge in [-0.05, 0) is 24.1 Å². The molecule has 1 rings (SSSR count). The normalized spacial score (nSPS) is 11.6. The first-order chi connectivity index (χ1) is 8.87. The Hall–Kier alpha value is -1.98. The van der Waals surface area contributed by atoms with Gasteiger partial charge in [-0.25, -0.2) is 0 Å². The van der Waals surface area contributed by atoms with Gasteiger partial charge in [0, 0.05) is 13.5 Å². The number of rotatable bonds is 5. The van der Waals surface area contributed by atoms with Crippen molar-refractivity contribution in [1.29, 1.82) is 0 Å². The molecule has 0 radical (unpaired) electrons. The fraction of sp³-hybridized carbons (Fsp3) is 0.308. The molecule has 0 fully saturated rings. The van der Waals surface area contributed by atoms with Crippen molar-refractivity contribution in [1.82, 2.24) is 5.32 Å². The molecule has 0 aliphatic rings. The number of benzene rings is 1. The van der Waals surface area contributed by atoms with Crippen LogP contribution in [0.25, 0.3) is 6.08 Å². The summed E-state index contributed by atoms with van der Waals surface area (Å²) >= 11 is 0. The Morgan fingerprint density at radius 3 is 2.47 bits per heavy atom. The smallest absolute Gasteiger partial charge is 0.406 e. The summed E-state index contributed by atoms with van der Waals surface area (Å²) in [5.41, 5.74) is 0.761. The third-order valence-electron chi connectivity index (χ3n) is 2.11. The molecule has 0 aliphatic heterocycles. The molecule has 19 heavy (non-hydrogen) atoms. The van der Waals surface area contributed by atoms with E-state index < -0.39 is 6.36 Å². The van der Waals surface area contributed by atoms with Gasteiger partial charge in [0.15, 0.2) is 0 Å². The summed E-state index contributed by atoms with van der Waals surface area (Å²) in [5, 5.41) is 2.63. The van der Waals surface area contributed by atoms with Crippen molar-refractivity contribution in [3.05, 3.63) is 35.9 Å². The second-order valence-electron chi connectivity index (χ2n) is 3.79. The van der Waals surface area contributed by atoms with E-state index in [1.807, 2.05) is 6.08 Å². The van der Waals surface area contributed by atoms with E-state index in [0.29, 0.717) is 13.0 Å². The van der Waals surface area contributed by atoms with E-state index in [9.17, 15) is 18.0 Å². The van der Waals surface area contributed by atoms with Gasteiger partial charge >= 0.3 is 6.36 Å². The van der Waals surface area contributed by atoms with Gasteiger partial charge in [0.2, 0.25) is 5.91 Å². The third kappa shape index (κ3) is 7.13. The minimum Gasteiger partial charge on any atom is -0.406 e. The molecule has 1 aromatic rings. The van der Waals surface area contributed by atoms with Gasteiger partial charge in [-0.15, -0.1) is 13.2 Å². The van der Waals surface area contributed by atoms with Gasteiger partial charge in [0.05, 0.1) is 0 Å². The SMILES string of the molecule is CC(=O)NCCC=Cc1ccc(OC(F)(F)F)cc1. The van der Waals surface area contributed by atoms with E-state index in [4.69, 9.17) is 0 Å². The molecule has 0 bridgehead atoms. The first-order valence-corrected chi connectivity index (χ1v) is 5.63. The molecule has 0 atom stereocenters. The summed E-state index contributed by atoms with van der Waals surface area (Å²) in [4.78, 5) is 10.6. The van der Waals surface area contributed by atoms with Crippen LogP contribution in [0.5, 0.6) is 5.75 Å². The molecule has 6 heteroatoms. The Morgan fingerprint density at radius 1 is 1.32 bits per heavy atom. The Kier molecular flexibility index (Phi) is 5.41. The van der Waals surface area contributed by atoms with Gasteiger partial charge in [-0.1, -0.05) is 24.3 Å². The molecule has 1 amide bonds. The summed E-state index contributed by atoms with van der Waals surface area (Å²) in [6.45, 7) is 1.96. The number of amides is 1. The third-order valence-corrected chi connectivity index (χ3v) is 2.11. The molecule has 0 heterocycles. The minimum atomic E-state index is -4.67. The van der Waals surface area contributed by atoms with Gasteiger partial charge in [0.1, 0.15) is 5.75 Å². The zero-order valence-electron chi connectivity index (χ0n) is 10.3. The summed E-state index contributed by atoms with van der Waals surface area (Å²) in [7, 11) is 0. The largest absolute Gasteiger partial charge is 0.573 e. The second-order valence-corrected chi connectivity index (χ2v) is 3.79. The zero-order valence-corrected chi connectivity index (χ0v) is 10.3. The van der Waals surface area contributed by atoms with Crippen LogP contribution in [-0.4, -0.2) is 18.8 Å². The lowest BCUT2D eigenvalue weighted by Gasteiger charge is -2.08. The monoisotopic (exact) mass is 273 g/mol. The summed E-state index contributed by atoms with van der Waals surface area (Å²) in [6.07, 6.45) is -0.426. The van der Waals surface area contributed by atoms with E-state index >= 15 is 0 Å². The fourth-order valence-electron chi connectivity index (χ4n) is 1.33. The highest BCUT2D eigenvalue weighted by Gasteiger charge is 2.30. The molecule has 0 unspecified atom stereocenters. The average molecular weight is 273 g/mol. The highest BCUT2D eigenvalue weighted by atomic mass is 19.4. The van der Waals surface area contributed by atoms with Crippen molar-refractivity contribution in [3.8, 4) is 5.75 Å². The molecule has 1 aromatic carbocycles. The molecule has 3 nitrogen and oxygen atoms in total. The molecule has 1 N–H and O–H groups in total. The van der Waals surface area contributed by atoms with Gasteiger partial charge < -0.3 is 10.1 Å². The van der Waals surface area contributed by atoms with E-state index in [0.717, 1.165) is 5.56 Å². The topological polar surface area (TPSA) is 38.3 Å². The van der Waals surface area contributed by atoms with Crippen molar-refractivity contribution in [2.75, 3.05) is 6.54 Å². The Morgan fingerprint density at radius 2 is 1.95 bits per heavy atom. The molecule has 0 aromatic heterocycles. The number of carbonyl (C=O) groups is 1.